The molecule has 0 bridgehead atoms. The summed E-state index contributed by atoms with van der Waals surface area (Å²) in [7, 11) is 0. The first-order valence-electron chi connectivity index (χ1n) is 10.3. The Balaban J connectivity index is 1.49. The monoisotopic (exact) mass is 380 g/mol. The number of benzene rings is 2. The summed E-state index contributed by atoms with van der Waals surface area (Å²) in [4.78, 5) is 14.9. The van der Waals surface area contributed by atoms with Crippen molar-refractivity contribution in [3.8, 4) is 0 Å². The summed E-state index contributed by atoms with van der Waals surface area (Å²) >= 11 is 0. The van der Waals surface area contributed by atoms with Crippen LogP contribution in [0.25, 0.3) is 0 Å². The minimum Gasteiger partial charge on any atom is -0.364 e. The highest BCUT2D eigenvalue weighted by atomic mass is 16.5. The van der Waals surface area contributed by atoms with Gasteiger partial charge in [-0.3, -0.25) is 9.69 Å². The molecule has 1 fully saturated rings. The second kappa shape index (κ2) is 10.4. The van der Waals surface area contributed by atoms with E-state index in [1.165, 1.54) is 24.0 Å². The van der Waals surface area contributed by atoms with Crippen LogP contribution in [0.2, 0.25) is 0 Å². The van der Waals surface area contributed by atoms with Crippen molar-refractivity contribution in [1.82, 2.24) is 10.2 Å². The van der Waals surface area contributed by atoms with Crippen LogP contribution in [-0.2, 0) is 29.2 Å². The Morgan fingerprint density at radius 1 is 1.07 bits per heavy atom. The summed E-state index contributed by atoms with van der Waals surface area (Å²) in [5, 5.41) is 3.04. The number of nitrogens with one attached hydrogen (secondary N) is 1. The van der Waals surface area contributed by atoms with E-state index in [-0.39, 0.29) is 5.91 Å². The maximum Gasteiger partial charge on any atom is 0.249 e. The third kappa shape index (κ3) is 6.18. The summed E-state index contributed by atoms with van der Waals surface area (Å²) < 4.78 is 5.72. The van der Waals surface area contributed by atoms with Gasteiger partial charge in [-0.05, 0) is 55.5 Å². The van der Waals surface area contributed by atoms with Gasteiger partial charge in [0.05, 0.1) is 6.61 Å². The number of nitrogens with zero attached hydrogens (tertiary/aromatic N) is 1. The molecule has 2 aromatic rings. The van der Waals surface area contributed by atoms with Gasteiger partial charge in [-0.2, -0.15) is 0 Å². The van der Waals surface area contributed by atoms with Crippen molar-refractivity contribution in [3.05, 3.63) is 71.3 Å². The van der Waals surface area contributed by atoms with Gasteiger partial charge >= 0.3 is 0 Å². The Hall–Kier alpha value is -2.17. The van der Waals surface area contributed by atoms with E-state index >= 15 is 0 Å². The maximum atomic E-state index is 12.4. The summed E-state index contributed by atoms with van der Waals surface area (Å²) in [6.07, 6.45) is 2.07. The van der Waals surface area contributed by atoms with Crippen molar-refractivity contribution in [3.63, 3.8) is 0 Å². The highest BCUT2D eigenvalue weighted by Gasteiger charge is 2.17. The van der Waals surface area contributed by atoms with Crippen LogP contribution in [0, 0.1) is 5.92 Å². The molecule has 1 amide bonds. The van der Waals surface area contributed by atoms with Crippen molar-refractivity contribution in [1.29, 1.82) is 0 Å². The first-order valence-corrected chi connectivity index (χ1v) is 10.3. The summed E-state index contributed by atoms with van der Waals surface area (Å²) in [6, 6.07) is 18.3. The van der Waals surface area contributed by atoms with Gasteiger partial charge in [-0.25, -0.2) is 0 Å². The van der Waals surface area contributed by atoms with E-state index in [4.69, 9.17) is 4.74 Å². The van der Waals surface area contributed by atoms with Crippen molar-refractivity contribution >= 4 is 5.91 Å². The fourth-order valence-electron chi connectivity index (χ4n) is 3.54. The van der Waals surface area contributed by atoms with Gasteiger partial charge in [-0.15, -0.1) is 0 Å². The van der Waals surface area contributed by atoms with Crippen LogP contribution in [0.4, 0.5) is 0 Å². The zero-order chi connectivity index (χ0) is 19.8. The van der Waals surface area contributed by atoms with Gasteiger partial charge in [0.25, 0.3) is 0 Å². The minimum atomic E-state index is -0.476. The SMILES string of the molecule is CC1CCN(Cc2ccccc2CNC(=O)C(C)OCc2ccccc2)CC1. The van der Waals surface area contributed by atoms with Gasteiger partial charge in [0.1, 0.15) is 6.10 Å². The number of amides is 1. The van der Waals surface area contributed by atoms with Crippen LogP contribution in [0.5, 0.6) is 0 Å². The highest BCUT2D eigenvalue weighted by molar-refractivity contribution is 5.80. The predicted octanol–water partition coefficient (Wildman–Crippen LogP) is 4.14. The van der Waals surface area contributed by atoms with Crippen LogP contribution in [0.15, 0.2) is 54.6 Å². The molecule has 0 spiro atoms. The topological polar surface area (TPSA) is 41.6 Å². The Bertz CT molecular complexity index is 739. The quantitative estimate of drug-likeness (QED) is 0.748. The molecule has 1 aliphatic heterocycles. The molecule has 1 saturated heterocycles. The van der Waals surface area contributed by atoms with Crippen LogP contribution in [0.1, 0.15) is 43.4 Å². The Morgan fingerprint density at radius 2 is 1.71 bits per heavy atom. The van der Waals surface area contributed by atoms with Gasteiger partial charge in [0.2, 0.25) is 5.91 Å². The number of likely N-dealkylation sites (tertiary alicyclic amines) is 1. The number of piperidine rings is 1. The number of rotatable bonds is 8. The van der Waals surface area contributed by atoms with E-state index in [1.54, 1.807) is 6.92 Å². The molecular formula is C24H32N2O2. The van der Waals surface area contributed by atoms with Crippen molar-refractivity contribution < 1.29 is 9.53 Å². The molecule has 1 atom stereocenters. The van der Waals surface area contributed by atoms with Gasteiger partial charge in [0, 0.05) is 13.1 Å². The average molecular weight is 381 g/mol. The molecule has 4 nitrogen and oxygen atoms in total. The lowest BCUT2D eigenvalue weighted by molar-refractivity contribution is -0.132. The van der Waals surface area contributed by atoms with Crippen LogP contribution in [0.3, 0.4) is 0 Å². The van der Waals surface area contributed by atoms with E-state index in [0.29, 0.717) is 13.2 Å². The molecular weight excluding hydrogens is 348 g/mol. The lowest BCUT2D eigenvalue weighted by Crippen LogP contribution is -2.35. The second-order valence-corrected chi connectivity index (χ2v) is 7.88. The normalized spacial score (nSPS) is 16.6. The molecule has 150 valence electrons. The smallest absolute Gasteiger partial charge is 0.249 e. The number of hydrogen-bond donors (Lipinski definition) is 1. The van der Waals surface area contributed by atoms with Crippen LogP contribution < -0.4 is 5.32 Å². The summed E-state index contributed by atoms with van der Waals surface area (Å²) in [5.74, 6) is 0.765. The maximum absolute atomic E-state index is 12.4. The largest absolute Gasteiger partial charge is 0.364 e. The molecule has 0 saturated carbocycles. The van der Waals surface area contributed by atoms with E-state index in [9.17, 15) is 4.79 Å². The molecule has 0 aromatic heterocycles. The minimum absolute atomic E-state index is 0.0717. The number of hydrogen-bond acceptors (Lipinski definition) is 3. The van der Waals surface area contributed by atoms with E-state index < -0.39 is 6.10 Å². The van der Waals surface area contributed by atoms with E-state index in [1.807, 2.05) is 36.4 Å². The van der Waals surface area contributed by atoms with E-state index in [2.05, 4.69) is 35.3 Å². The van der Waals surface area contributed by atoms with Gasteiger partial charge in [0.15, 0.2) is 0 Å². The lowest BCUT2D eigenvalue weighted by atomic mass is 9.98. The Kier molecular flexibility index (Phi) is 7.63. The molecule has 1 unspecified atom stereocenters. The standard InChI is InChI=1S/C24H32N2O2/c1-19-12-14-26(15-13-19)17-23-11-7-6-10-22(23)16-25-24(27)20(2)28-18-21-8-4-3-5-9-21/h3-11,19-20H,12-18H2,1-2H3,(H,25,27). The molecule has 1 aliphatic rings. The molecule has 4 heteroatoms. The third-order valence-electron chi connectivity index (χ3n) is 5.55. The zero-order valence-electron chi connectivity index (χ0n) is 17.1. The molecule has 3 rings (SSSR count). The molecule has 1 heterocycles. The molecule has 0 radical (unpaired) electrons. The fraction of sp³-hybridized carbons (Fsp3) is 0.458. The van der Waals surface area contributed by atoms with Gasteiger partial charge < -0.3 is 10.1 Å². The van der Waals surface area contributed by atoms with Crippen LogP contribution >= 0.6 is 0 Å². The summed E-state index contributed by atoms with van der Waals surface area (Å²) in [6.45, 7) is 8.40. The number of carbonyl (C=O) groups is 1. The first-order chi connectivity index (χ1) is 13.6. The second-order valence-electron chi connectivity index (χ2n) is 7.88. The number of ether oxygens (including phenoxy) is 1. The molecule has 0 aliphatic carbocycles. The van der Waals surface area contributed by atoms with Crippen LogP contribution in [-0.4, -0.2) is 30.0 Å². The molecule has 28 heavy (non-hydrogen) atoms. The zero-order valence-corrected chi connectivity index (χ0v) is 17.1. The van der Waals surface area contributed by atoms with Crippen molar-refractivity contribution in [2.75, 3.05) is 13.1 Å². The predicted molar refractivity (Wildman–Crippen MR) is 113 cm³/mol. The molecule has 1 N–H and O–H groups in total. The third-order valence-corrected chi connectivity index (χ3v) is 5.55. The Morgan fingerprint density at radius 3 is 2.43 bits per heavy atom. The highest BCUT2D eigenvalue weighted by Crippen LogP contribution is 2.19. The van der Waals surface area contributed by atoms with Crippen molar-refractivity contribution in [2.45, 2.75) is 52.5 Å². The Labute approximate surface area is 168 Å². The van der Waals surface area contributed by atoms with E-state index in [0.717, 1.165) is 31.1 Å². The average Bonchev–Trinajstić information content (AvgIpc) is 2.73. The summed E-state index contributed by atoms with van der Waals surface area (Å²) in [5.41, 5.74) is 3.56. The van der Waals surface area contributed by atoms with Gasteiger partial charge in [-0.1, -0.05) is 61.5 Å². The lowest BCUT2D eigenvalue weighted by Gasteiger charge is -2.30. The molecule has 2 aromatic carbocycles. The van der Waals surface area contributed by atoms with Crippen molar-refractivity contribution in [2.24, 2.45) is 5.92 Å². The fourth-order valence-corrected chi connectivity index (χ4v) is 3.54. The first kappa shape index (κ1) is 20.6. The number of carbonyl (C=O) groups excluding carboxylic acids is 1.